The largest absolute Gasteiger partial charge is 0.427 e. The summed E-state index contributed by atoms with van der Waals surface area (Å²) in [6.07, 6.45) is 5.56. The van der Waals surface area contributed by atoms with Gasteiger partial charge in [0.1, 0.15) is 18.5 Å². The van der Waals surface area contributed by atoms with Crippen molar-refractivity contribution >= 4 is 11.7 Å². The fraction of sp³-hybridized carbons (Fsp3) is 0.619. The van der Waals surface area contributed by atoms with Gasteiger partial charge in [0.25, 0.3) is 0 Å². The number of carbonyl (C=O) groups is 1. The van der Waals surface area contributed by atoms with Gasteiger partial charge in [0.2, 0.25) is 0 Å². The summed E-state index contributed by atoms with van der Waals surface area (Å²) in [5, 5.41) is 4.36. The van der Waals surface area contributed by atoms with E-state index in [9.17, 15) is 4.79 Å². The highest BCUT2D eigenvalue weighted by Gasteiger charge is 2.79. The molecule has 138 valence electrons. The number of aryl methyl sites for hydroxylation is 1. The first-order valence-corrected chi connectivity index (χ1v) is 9.59. The van der Waals surface area contributed by atoms with Crippen molar-refractivity contribution in [2.24, 2.45) is 16.5 Å². The van der Waals surface area contributed by atoms with E-state index in [0.717, 1.165) is 32.1 Å². The first-order valence-electron chi connectivity index (χ1n) is 9.59. The lowest BCUT2D eigenvalue weighted by atomic mass is 9.54. The summed E-state index contributed by atoms with van der Waals surface area (Å²) in [6.45, 7) is 3.77. The molecule has 3 fully saturated rings. The van der Waals surface area contributed by atoms with Crippen LogP contribution in [-0.4, -0.2) is 30.5 Å². The van der Waals surface area contributed by atoms with Crippen molar-refractivity contribution in [2.75, 3.05) is 7.11 Å². The van der Waals surface area contributed by atoms with E-state index in [1.165, 1.54) is 23.8 Å². The van der Waals surface area contributed by atoms with Gasteiger partial charge in [-0.2, -0.15) is 0 Å². The smallest absolute Gasteiger partial charge is 0.308 e. The summed E-state index contributed by atoms with van der Waals surface area (Å²) in [4.78, 5) is 16.4. The number of nitrogens with zero attached hydrogens (tertiary/aromatic N) is 1. The van der Waals surface area contributed by atoms with Crippen molar-refractivity contribution in [3.63, 3.8) is 0 Å². The van der Waals surface area contributed by atoms with Gasteiger partial charge < -0.3 is 14.3 Å². The molecular formula is C21H25NO4. The van der Waals surface area contributed by atoms with Crippen molar-refractivity contribution in [1.29, 1.82) is 0 Å². The molecule has 1 spiro atoms. The van der Waals surface area contributed by atoms with E-state index in [1.807, 2.05) is 6.07 Å². The molecule has 5 atom stereocenters. The molecule has 5 nitrogen and oxygen atoms in total. The van der Waals surface area contributed by atoms with Crippen LogP contribution < -0.4 is 4.74 Å². The Hall–Kier alpha value is -1.88. The molecule has 1 aromatic carbocycles. The number of oxime groups is 1. The second kappa shape index (κ2) is 5.32. The third kappa shape index (κ3) is 1.95. The highest BCUT2D eigenvalue weighted by molar-refractivity contribution is 5.96. The predicted octanol–water partition coefficient (Wildman–Crippen LogP) is 3.60. The van der Waals surface area contributed by atoms with Crippen molar-refractivity contribution in [2.45, 2.75) is 63.6 Å². The normalized spacial score (nSPS) is 40.9. The van der Waals surface area contributed by atoms with Gasteiger partial charge in [0.05, 0.1) is 11.8 Å². The minimum atomic E-state index is -0.268. The molecule has 0 radical (unpaired) electrons. The molecule has 1 heterocycles. The van der Waals surface area contributed by atoms with Gasteiger partial charge in [-0.25, -0.2) is 0 Å². The van der Waals surface area contributed by atoms with Crippen molar-refractivity contribution < 1.29 is 19.1 Å². The van der Waals surface area contributed by atoms with Crippen LogP contribution >= 0.6 is 0 Å². The number of hydrogen-bond donors (Lipinski definition) is 0. The zero-order chi connectivity index (χ0) is 18.1. The second-order valence-corrected chi connectivity index (χ2v) is 8.40. The van der Waals surface area contributed by atoms with Gasteiger partial charge >= 0.3 is 5.97 Å². The number of ether oxygens (including phenoxy) is 2. The van der Waals surface area contributed by atoms with E-state index in [2.05, 4.69) is 24.2 Å². The number of esters is 1. The average Bonchev–Trinajstić information content (AvgIpc) is 3.26. The zero-order valence-corrected chi connectivity index (χ0v) is 15.6. The van der Waals surface area contributed by atoms with E-state index < -0.39 is 0 Å². The van der Waals surface area contributed by atoms with Crippen LogP contribution in [0.1, 0.15) is 56.6 Å². The molecule has 0 unspecified atom stereocenters. The molecule has 3 aliphatic carbocycles. The Morgan fingerprint density at radius 3 is 2.96 bits per heavy atom. The number of hydrogen-bond acceptors (Lipinski definition) is 5. The minimum Gasteiger partial charge on any atom is -0.427 e. The maximum absolute atomic E-state index is 11.2. The monoisotopic (exact) mass is 355 g/mol. The number of fused-ring (bicyclic) bond motifs is 3. The summed E-state index contributed by atoms with van der Waals surface area (Å²) in [7, 11) is 1.64. The first kappa shape index (κ1) is 16.3. The second-order valence-electron chi connectivity index (χ2n) is 8.40. The van der Waals surface area contributed by atoms with Crippen LogP contribution in [0.3, 0.4) is 0 Å². The number of benzene rings is 1. The summed E-state index contributed by atoms with van der Waals surface area (Å²) < 4.78 is 11.7. The van der Waals surface area contributed by atoms with Gasteiger partial charge in [-0.15, -0.1) is 0 Å². The number of rotatable bonds is 2. The summed E-state index contributed by atoms with van der Waals surface area (Å²) >= 11 is 0. The Morgan fingerprint density at radius 1 is 1.35 bits per heavy atom. The number of carbonyl (C=O) groups excluding carboxylic acids is 1. The Bertz CT molecular complexity index is 818. The van der Waals surface area contributed by atoms with E-state index in [-0.39, 0.29) is 17.0 Å². The van der Waals surface area contributed by atoms with E-state index >= 15 is 0 Å². The number of epoxide rings is 1. The van der Waals surface area contributed by atoms with Crippen LogP contribution in [0.4, 0.5) is 0 Å². The van der Waals surface area contributed by atoms with E-state index in [0.29, 0.717) is 23.7 Å². The molecule has 4 aliphatic rings. The van der Waals surface area contributed by atoms with Crippen LogP contribution in [0.5, 0.6) is 5.75 Å². The van der Waals surface area contributed by atoms with E-state index in [4.69, 9.17) is 14.3 Å². The average molecular weight is 355 g/mol. The molecule has 1 aliphatic heterocycles. The Morgan fingerprint density at radius 2 is 2.19 bits per heavy atom. The third-order valence-corrected chi connectivity index (χ3v) is 7.33. The highest BCUT2D eigenvalue weighted by Crippen LogP contribution is 2.71. The summed E-state index contributed by atoms with van der Waals surface area (Å²) in [5.74, 6) is 1.44. The third-order valence-electron chi connectivity index (χ3n) is 7.33. The molecule has 1 aromatic rings. The lowest BCUT2D eigenvalue weighted by Crippen LogP contribution is -2.51. The van der Waals surface area contributed by atoms with Crippen LogP contribution in [0.15, 0.2) is 23.4 Å². The molecule has 0 amide bonds. The maximum Gasteiger partial charge on any atom is 0.308 e. The van der Waals surface area contributed by atoms with Gasteiger partial charge in [-0.05, 0) is 60.8 Å². The molecule has 5 rings (SSSR count). The van der Waals surface area contributed by atoms with Gasteiger partial charge in [-0.3, -0.25) is 4.79 Å². The van der Waals surface area contributed by atoms with Crippen LogP contribution in [0.2, 0.25) is 0 Å². The molecule has 5 heteroatoms. The van der Waals surface area contributed by atoms with E-state index in [1.54, 1.807) is 7.11 Å². The predicted molar refractivity (Wildman–Crippen MR) is 96.3 cm³/mol. The quantitative estimate of drug-likeness (QED) is 0.352. The van der Waals surface area contributed by atoms with Crippen LogP contribution in [-0.2, 0) is 20.8 Å². The highest BCUT2D eigenvalue weighted by atomic mass is 16.6. The lowest BCUT2D eigenvalue weighted by molar-refractivity contribution is -0.131. The minimum absolute atomic E-state index is 0.00400. The topological polar surface area (TPSA) is 60.4 Å². The molecule has 0 N–H and O–H groups in total. The fourth-order valence-electron chi connectivity index (χ4n) is 6.26. The first-order chi connectivity index (χ1) is 12.5. The van der Waals surface area contributed by atoms with Crippen molar-refractivity contribution in [3.05, 3.63) is 29.3 Å². The van der Waals surface area contributed by atoms with Crippen LogP contribution in [0.25, 0.3) is 0 Å². The van der Waals surface area contributed by atoms with Gasteiger partial charge in [0, 0.05) is 18.8 Å². The van der Waals surface area contributed by atoms with Gasteiger partial charge in [-0.1, -0.05) is 18.1 Å². The molecule has 26 heavy (non-hydrogen) atoms. The molecule has 1 saturated heterocycles. The Labute approximate surface area is 153 Å². The summed E-state index contributed by atoms with van der Waals surface area (Å²) in [5.41, 5.74) is 3.88. The Balaban J connectivity index is 1.49. The molecular weight excluding hydrogens is 330 g/mol. The zero-order valence-electron chi connectivity index (χ0n) is 15.6. The molecule has 2 saturated carbocycles. The standard InChI is InChI=1S/C21H25NO4/c1-12(23)25-14-5-6-15-13(10-14)4-7-17-16(15)8-9-20(2)18(22-24-3)11-19-21(17,20)26-19/h5-6,10,16-17,19H,4,7-9,11H2,1-3H3/b22-18+/t16-,17-,19+,20-,21+/m1/s1. The van der Waals surface area contributed by atoms with Gasteiger partial charge in [0.15, 0.2) is 0 Å². The summed E-state index contributed by atoms with van der Waals surface area (Å²) in [6, 6.07) is 6.15. The molecule has 0 aromatic heterocycles. The maximum atomic E-state index is 11.2. The van der Waals surface area contributed by atoms with Crippen molar-refractivity contribution in [3.8, 4) is 5.75 Å². The molecule has 0 bridgehead atoms. The SMILES string of the molecule is CO/N=C1\C[C@@H]2O[C@@]23[C@@H]2CCc4cc(OC(C)=O)ccc4[C@H]2CC[C@]13C. The van der Waals surface area contributed by atoms with Crippen LogP contribution in [0, 0.1) is 11.3 Å². The lowest BCUT2D eigenvalue weighted by Gasteiger charge is -2.49. The fourth-order valence-corrected chi connectivity index (χ4v) is 6.26. The Kier molecular flexibility index (Phi) is 3.34. The van der Waals surface area contributed by atoms with Crippen molar-refractivity contribution in [1.82, 2.24) is 0 Å².